The van der Waals surface area contributed by atoms with Gasteiger partial charge >= 0.3 is 0 Å². The summed E-state index contributed by atoms with van der Waals surface area (Å²) in [5.74, 6) is 7.99. The number of ether oxygens (including phenoxy) is 2. The van der Waals surface area contributed by atoms with E-state index in [1.54, 1.807) is 68.8 Å². The molecule has 0 fully saturated rings. The van der Waals surface area contributed by atoms with E-state index < -0.39 is 20.0 Å². The normalized spacial score (nSPS) is 11.2. The maximum absolute atomic E-state index is 12.9. The maximum Gasteiger partial charge on any atom is 0.261 e. The number of sulfonamides is 2. The third-order valence-electron chi connectivity index (χ3n) is 10.4. The fourth-order valence-electron chi connectivity index (χ4n) is 6.89. The summed E-state index contributed by atoms with van der Waals surface area (Å²) < 4.78 is 67.4. The highest BCUT2D eigenvalue weighted by Gasteiger charge is 2.18. The van der Waals surface area contributed by atoms with Crippen LogP contribution in [0.15, 0.2) is 180 Å². The van der Waals surface area contributed by atoms with Crippen molar-refractivity contribution in [2.75, 3.05) is 23.7 Å². The van der Waals surface area contributed by atoms with Gasteiger partial charge in [0.2, 0.25) is 0 Å². The number of methoxy groups -OCH3 is 2. The zero-order valence-corrected chi connectivity index (χ0v) is 36.5. The van der Waals surface area contributed by atoms with Crippen LogP contribution in [0.4, 0.5) is 11.4 Å². The van der Waals surface area contributed by atoms with Crippen molar-refractivity contribution in [2.24, 2.45) is 0 Å². The first-order valence-corrected chi connectivity index (χ1v) is 22.9. The van der Waals surface area contributed by atoms with Gasteiger partial charge in [-0.05, 0) is 127 Å². The zero-order chi connectivity index (χ0) is 43.7. The minimum absolute atomic E-state index is 0.227. The molecule has 62 heavy (non-hydrogen) atoms. The standard InChI is InChI=1S/C26H25NO3S.C26H21NO3S/c2*1-19-7-16-23(17-8-19)31(28,29)27-26-18-13-21(24-5-3-4-6-25(24)26)12-9-20-10-14-22(30-2)15-11-20/h3-8,10-11,13-18,27H,9,12H2,1-2H3;3-8,10-11,13-18,27H,1-2H3. The lowest BCUT2D eigenvalue weighted by Crippen LogP contribution is -2.13. The highest BCUT2D eigenvalue weighted by Crippen LogP contribution is 2.31. The van der Waals surface area contributed by atoms with Gasteiger partial charge in [-0.25, -0.2) is 16.8 Å². The predicted molar refractivity (Wildman–Crippen MR) is 251 cm³/mol. The summed E-state index contributed by atoms with van der Waals surface area (Å²) in [7, 11) is -4.06. The fourth-order valence-corrected chi connectivity index (χ4v) is 9.05. The van der Waals surface area contributed by atoms with Crippen molar-refractivity contribution < 1.29 is 26.3 Å². The van der Waals surface area contributed by atoms with E-state index in [9.17, 15) is 16.8 Å². The van der Waals surface area contributed by atoms with Crippen LogP contribution in [-0.2, 0) is 32.9 Å². The number of fused-ring (bicyclic) bond motifs is 2. The summed E-state index contributed by atoms with van der Waals surface area (Å²) in [6.07, 6.45) is 1.75. The van der Waals surface area contributed by atoms with Crippen LogP contribution in [0.5, 0.6) is 11.5 Å². The van der Waals surface area contributed by atoms with Crippen LogP contribution in [-0.4, -0.2) is 31.1 Å². The molecule has 0 radical (unpaired) electrons. The molecule has 0 unspecified atom stereocenters. The SMILES string of the molecule is COc1ccc(C#Cc2ccc(NS(=O)(=O)c3ccc(C)cc3)c3ccccc23)cc1.COc1ccc(CCc2ccc(NS(=O)(=O)c3ccc(C)cc3)c3ccccc23)cc1. The molecule has 8 aromatic carbocycles. The molecule has 312 valence electrons. The molecule has 0 saturated carbocycles. The molecule has 0 spiro atoms. The molecule has 8 aromatic rings. The molecule has 0 aliphatic heterocycles. The Morgan fingerprint density at radius 1 is 0.452 bits per heavy atom. The Hall–Kier alpha value is -7.06. The predicted octanol–water partition coefficient (Wildman–Crippen LogP) is 11.1. The summed E-state index contributed by atoms with van der Waals surface area (Å²) in [5.41, 5.74) is 7.24. The van der Waals surface area contributed by atoms with Crippen LogP contribution < -0.4 is 18.9 Å². The lowest BCUT2D eigenvalue weighted by atomic mass is 9.97. The van der Waals surface area contributed by atoms with Crippen LogP contribution >= 0.6 is 0 Å². The van der Waals surface area contributed by atoms with Gasteiger partial charge in [0.25, 0.3) is 20.0 Å². The van der Waals surface area contributed by atoms with Crippen LogP contribution in [0, 0.1) is 25.7 Å². The van der Waals surface area contributed by atoms with Crippen molar-refractivity contribution in [1.82, 2.24) is 0 Å². The fraction of sp³-hybridized carbons (Fsp3) is 0.115. The lowest BCUT2D eigenvalue weighted by molar-refractivity contribution is 0.414. The van der Waals surface area contributed by atoms with Crippen molar-refractivity contribution in [2.45, 2.75) is 36.5 Å². The van der Waals surface area contributed by atoms with Crippen LogP contribution in [0.1, 0.15) is 33.4 Å². The largest absolute Gasteiger partial charge is 0.497 e. The van der Waals surface area contributed by atoms with Gasteiger partial charge in [-0.15, -0.1) is 0 Å². The van der Waals surface area contributed by atoms with Crippen LogP contribution in [0.2, 0.25) is 0 Å². The molecule has 0 aliphatic carbocycles. The van der Waals surface area contributed by atoms with Gasteiger partial charge in [-0.3, -0.25) is 9.44 Å². The van der Waals surface area contributed by atoms with Gasteiger partial charge in [0.1, 0.15) is 11.5 Å². The number of nitrogens with one attached hydrogen (secondary N) is 2. The average Bonchev–Trinajstić information content (AvgIpc) is 3.29. The smallest absolute Gasteiger partial charge is 0.261 e. The first kappa shape index (κ1) is 43.0. The Balaban J connectivity index is 0.000000186. The maximum atomic E-state index is 12.9. The number of aryl methyl sites for hydroxylation is 4. The molecule has 8 nitrogen and oxygen atoms in total. The minimum atomic E-state index is -3.69. The summed E-state index contributed by atoms with van der Waals surface area (Å²) in [4.78, 5) is 0.483. The quantitative estimate of drug-likeness (QED) is 0.125. The molecule has 0 atom stereocenters. The van der Waals surface area contributed by atoms with Crippen molar-refractivity contribution in [3.05, 3.63) is 203 Å². The van der Waals surface area contributed by atoms with E-state index in [2.05, 4.69) is 33.4 Å². The minimum Gasteiger partial charge on any atom is -0.497 e. The molecular weight excluding hydrogens is 813 g/mol. The molecule has 2 N–H and O–H groups in total. The lowest BCUT2D eigenvalue weighted by Gasteiger charge is -2.14. The number of benzene rings is 8. The van der Waals surface area contributed by atoms with Gasteiger partial charge in [0.15, 0.2) is 0 Å². The Kier molecular flexibility index (Phi) is 13.3. The van der Waals surface area contributed by atoms with E-state index in [0.717, 1.165) is 68.1 Å². The molecule has 0 aliphatic rings. The number of rotatable bonds is 11. The average molecular weight is 859 g/mol. The second kappa shape index (κ2) is 19.1. The van der Waals surface area contributed by atoms with E-state index in [0.29, 0.717) is 11.4 Å². The molecule has 0 heterocycles. The monoisotopic (exact) mass is 858 g/mol. The van der Waals surface area contributed by atoms with Gasteiger partial charge < -0.3 is 9.47 Å². The van der Waals surface area contributed by atoms with E-state index in [-0.39, 0.29) is 9.79 Å². The second-order valence-corrected chi connectivity index (χ2v) is 18.1. The molecule has 0 saturated heterocycles. The summed E-state index contributed by atoms with van der Waals surface area (Å²) in [5, 5.41) is 3.62. The number of hydrogen-bond donors (Lipinski definition) is 2. The number of hydrogen-bond acceptors (Lipinski definition) is 6. The second-order valence-electron chi connectivity index (χ2n) is 14.7. The van der Waals surface area contributed by atoms with Crippen LogP contribution in [0.25, 0.3) is 21.5 Å². The van der Waals surface area contributed by atoms with Crippen molar-refractivity contribution in [3.8, 4) is 23.3 Å². The molecule has 8 rings (SSSR count). The zero-order valence-electron chi connectivity index (χ0n) is 34.8. The van der Waals surface area contributed by atoms with E-state index in [1.165, 1.54) is 11.1 Å². The third-order valence-corrected chi connectivity index (χ3v) is 13.1. The van der Waals surface area contributed by atoms with Crippen molar-refractivity contribution in [3.63, 3.8) is 0 Å². The van der Waals surface area contributed by atoms with Crippen molar-refractivity contribution in [1.29, 1.82) is 0 Å². The Bertz CT molecular complexity index is 3120. The molecular formula is C52H46N2O6S2. The first-order chi connectivity index (χ1) is 29.9. The van der Waals surface area contributed by atoms with Gasteiger partial charge in [0.05, 0.1) is 35.4 Å². The molecule has 0 amide bonds. The number of anilines is 2. The topological polar surface area (TPSA) is 111 Å². The van der Waals surface area contributed by atoms with Crippen molar-refractivity contribution >= 4 is 53.0 Å². The Morgan fingerprint density at radius 2 is 0.903 bits per heavy atom. The van der Waals surface area contributed by atoms with Gasteiger partial charge in [-0.2, -0.15) is 0 Å². The molecule has 0 bridgehead atoms. The highest BCUT2D eigenvalue weighted by molar-refractivity contribution is 7.93. The third kappa shape index (κ3) is 10.4. The van der Waals surface area contributed by atoms with Gasteiger partial charge in [-0.1, -0.05) is 114 Å². The molecule has 0 aromatic heterocycles. The van der Waals surface area contributed by atoms with E-state index in [4.69, 9.17) is 9.47 Å². The van der Waals surface area contributed by atoms with Gasteiger partial charge in [0, 0.05) is 21.9 Å². The van der Waals surface area contributed by atoms with Crippen LogP contribution in [0.3, 0.4) is 0 Å². The first-order valence-electron chi connectivity index (χ1n) is 19.9. The summed E-state index contributed by atoms with van der Waals surface area (Å²) >= 11 is 0. The summed E-state index contributed by atoms with van der Waals surface area (Å²) in [6, 6.07) is 52.3. The van der Waals surface area contributed by atoms with E-state index in [1.807, 2.05) is 117 Å². The highest BCUT2D eigenvalue weighted by atomic mass is 32.2. The molecule has 10 heteroatoms. The van der Waals surface area contributed by atoms with E-state index >= 15 is 0 Å². The Morgan fingerprint density at radius 3 is 1.42 bits per heavy atom. The Labute approximate surface area is 364 Å². The summed E-state index contributed by atoms with van der Waals surface area (Å²) in [6.45, 7) is 3.85.